The van der Waals surface area contributed by atoms with E-state index in [0.29, 0.717) is 40.7 Å². The van der Waals surface area contributed by atoms with Crippen molar-refractivity contribution in [3.63, 3.8) is 0 Å². The molecule has 4 atom stereocenters. The molecule has 0 aliphatic carbocycles. The van der Waals surface area contributed by atoms with E-state index in [2.05, 4.69) is 67.6 Å². The molecular weight excluding hydrogens is 884 g/mol. The Morgan fingerprint density at radius 2 is 1.49 bits per heavy atom. The largest absolute Gasteiger partial charge is 0.497 e. The first-order valence-corrected chi connectivity index (χ1v) is 24.0. The number of anilines is 1. The molecule has 4 aromatic carbocycles. The highest BCUT2D eigenvalue weighted by Crippen LogP contribution is 2.51. The van der Waals surface area contributed by atoms with E-state index in [1.54, 1.807) is 20.4 Å². The molecule has 68 heavy (non-hydrogen) atoms. The molecule has 0 radical (unpaired) electrons. The maximum absolute atomic E-state index is 13.5. The van der Waals surface area contributed by atoms with Crippen molar-refractivity contribution in [2.24, 2.45) is 0 Å². The van der Waals surface area contributed by atoms with Crippen LogP contribution in [0.25, 0.3) is 11.0 Å². The van der Waals surface area contributed by atoms with Crippen LogP contribution in [0.3, 0.4) is 0 Å². The van der Waals surface area contributed by atoms with Gasteiger partial charge in [-0.1, -0.05) is 80.6 Å². The summed E-state index contributed by atoms with van der Waals surface area (Å²) in [6, 6.07) is 35.5. The lowest BCUT2D eigenvalue weighted by atomic mass is 9.80. The SMILES string of the molecule is COc1ccc(C(OC[C@H]2O[C@@H](c3c[nH]c4c(=O)[nH]c(NC(=O)COc5ccc(C(C)C)cc5)nc34)C[C@@H]2OP(OCCC#N)N(C(C)C)C(C)C)(c2ccccc2)c2ccc(OC)cc2)cc1. The molecule has 0 spiro atoms. The molecule has 0 bridgehead atoms. The molecule has 1 unspecified atom stereocenters. The molecule has 2 aromatic heterocycles. The van der Waals surface area contributed by atoms with Crippen LogP contribution in [0.15, 0.2) is 114 Å². The lowest BCUT2D eigenvalue weighted by Crippen LogP contribution is -2.39. The Morgan fingerprint density at radius 1 is 0.882 bits per heavy atom. The fraction of sp³-hybridized carbons (Fsp3) is 0.385. The molecule has 7 rings (SSSR count). The number of rotatable bonds is 22. The van der Waals surface area contributed by atoms with Crippen LogP contribution in [0.1, 0.15) is 94.2 Å². The highest BCUT2D eigenvalue weighted by molar-refractivity contribution is 7.44. The van der Waals surface area contributed by atoms with Crippen molar-refractivity contribution in [2.75, 3.05) is 39.4 Å². The normalized spacial score (nSPS) is 16.7. The number of ether oxygens (including phenoxy) is 5. The Kier molecular flexibility index (Phi) is 16.7. The highest BCUT2D eigenvalue weighted by atomic mass is 31.2. The van der Waals surface area contributed by atoms with E-state index in [4.69, 9.17) is 37.7 Å². The van der Waals surface area contributed by atoms with E-state index in [1.807, 2.05) is 103 Å². The molecule has 358 valence electrons. The second-order valence-electron chi connectivity index (χ2n) is 17.3. The first kappa shape index (κ1) is 49.8. The molecule has 16 heteroatoms. The zero-order chi connectivity index (χ0) is 48.4. The summed E-state index contributed by atoms with van der Waals surface area (Å²) in [5, 5.41) is 12.2. The summed E-state index contributed by atoms with van der Waals surface area (Å²) in [6.07, 6.45) is 0.283. The summed E-state index contributed by atoms with van der Waals surface area (Å²) >= 11 is 0. The minimum atomic E-state index is -1.71. The monoisotopic (exact) mass is 944 g/mol. The van der Waals surface area contributed by atoms with Gasteiger partial charge in [-0.15, -0.1) is 0 Å². The number of H-pyrrole nitrogens is 2. The van der Waals surface area contributed by atoms with Crippen molar-refractivity contribution in [1.82, 2.24) is 19.6 Å². The zero-order valence-corrected chi connectivity index (χ0v) is 40.7. The second kappa shape index (κ2) is 22.8. The minimum Gasteiger partial charge on any atom is -0.497 e. The van der Waals surface area contributed by atoms with E-state index < -0.39 is 43.9 Å². The number of carbonyl (C=O) groups is 1. The lowest BCUT2D eigenvalue weighted by molar-refractivity contribution is -0.118. The van der Waals surface area contributed by atoms with Crippen molar-refractivity contribution in [3.8, 4) is 23.3 Å². The molecule has 1 aliphatic rings. The Hall–Kier alpha value is -6.11. The number of hydrogen-bond donors (Lipinski definition) is 3. The van der Waals surface area contributed by atoms with E-state index in [9.17, 15) is 14.9 Å². The van der Waals surface area contributed by atoms with Crippen molar-refractivity contribution < 1.29 is 37.5 Å². The van der Waals surface area contributed by atoms with E-state index in [1.165, 1.54) is 0 Å². The fourth-order valence-corrected chi connectivity index (χ4v) is 10.2. The van der Waals surface area contributed by atoms with Gasteiger partial charge in [0.1, 0.15) is 40.0 Å². The number of methoxy groups -OCH3 is 2. The van der Waals surface area contributed by atoms with Crippen molar-refractivity contribution >= 4 is 31.4 Å². The Bertz CT molecular complexity index is 2610. The first-order valence-electron chi connectivity index (χ1n) is 22.9. The summed E-state index contributed by atoms with van der Waals surface area (Å²) in [7, 11) is 1.55. The Morgan fingerprint density at radius 3 is 2.06 bits per heavy atom. The average molecular weight is 945 g/mol. The number of aromatic amines is 2. The van der Waals surface area contributed by atoms with Crippen LogP contribution in [0.5, 0.6) is 17.2 Å². The van der Waals surface area contributed by atoms with Gasteiger partial charge in [0.2, 0.25) is 5.95 Å². The maximum Gasteiger partial charge on any atom is 0.276 e. The van der Waals surface area contributed by atoms with Crippen LogP contribution in [0, 0.1) is 11.3 Å². The van der Waals surface area contributed by atoms with Gasteiger partial charge in [-0.2, -0.15) is 5.26 Å². The van der Waals surface area contributed by atoms with Gasteiger partial charge < -0.3 is 37.7 Å². The molecule has 1 fully saturated rings. The van der Waals surface area contributed by atoms with E-state index in [0.717, 1.165) is 22.3 Å². The summed E-state index contributed by atoms with van der Waals surface area (Å²) in [5.41, 5.74) is 3.23. The lowest BCUT2D eigenvalue weighted by Gasteiger charge is -2.39. The number of nitrogens with one attached hydrogen (secondary N) is 3. The van der Waals surface area contributed by atoms with Crippen LogP contribution in [0.4, 0.5) is 5.95 Å². The molecule has 15 nitrogen and oxygen atoms in total. The molecule has 0 saturated carbocycles. The predicted molar refractivity (Wildman–Crippen MR) is 262 cm³/mol. The van der Waals surface area contributed by atoms with Gasteiger partial charge in [-0.25, -0.2) is 9.65 Å². The van der Waals surface area contributed by atoms with Gasteiger partial charge in [0, 0.05) is 30.3 Å². The number of hydrogen-bond acceptors (Lipinski definition) is 12. The number of benzene rings is 4. The Labute approximate surface area is 399 Å². The fourth-order valence-electron chi connectivity index (χ4n) is 8.47. The van der Waals surface area contributed by atoms with Gasteiger partial charge in [-0.05, 0) is 92.3 Å². The van der Waals surface area contributed by atoms with E-state index >= 15 is 0 Å². The topological polar surface area (TPSA) is 182 Å². The highest BCUT2D eigenvalue weighted by Gasteiger charge is 2.45. The number of carbonyl (C=O) groups excluding carboxylic acids is 1. The number of amides is 1. The number of aromatic nitrogens is 3. The molecule has 6 aromatic rings. The molecule has 3 heterocycles. The molecule has 1 aliphatic heterocycles. The second-order valence-corrected chi connectivity index (χ2v) is 18.8. The van der Waals surface area contributed by atoms with Crippen LogP contribution in [-0.2, 0) is 28.9 Å². The minimum absolute atomic E-state index is 0.0384. The number of fused-ring (bicyclic) bond motifs is 1. The smallest absolute Gasteiger partial charge is 0.276 e. The Balaban J connectivity index is 1.24. The van der Waals surface area contributed by atoms with Gasteiger partial charge >= 0.3 is 0 Å². The summed E-state index contributed by atoms with van der Waals surface area (Å²) < 4.78 is 46.9. The van der Waals surface area contributed by atoms with Crippen LogP contribution >= 0.6 is 8.53 Å². The van der Waals surface area contributed by atoms with Crippen LogP contribution < -0.4 is 25.1 Å². The predicted octanol–water partition coefficient (Wildman–Crippen LogP) is 9.91. The third-order valence-corrected chi connectivity index (χ3v) is 14.0. The standard InChI is InChI=1S/C52H61N6O9P/c1-33(2)36-15-21-42(22-16-36)63-32-47(59)55-51-56-48-43(30-54-49(48)50(60)57-51)44-29-45(67-68(65-28-12-27-53)58(34(3)4)35(5)6)46(66-44)31-64-52(37-13-10-9-11-14-37,38-17-23-40(61-7)24-18-38)39-19-25-41(62-8)26-20-39/h9-11,13-26,30,33-35,44-46,54H,12,28-29,31-32H2,1-8H3,(H2,55,56,57,59,60)/t44-,45+,46-,68?/m1/s1. The van der Waals surface area contributed by atoms with Crippen LogP contribution in [-0.4, -0.2) is 83.9 Å². The summed E-state index contributed by atoms with van der Waals surface area (Å²) in [6.45, 7) is 12.5. The van der Waals surface area contributed by atoms with Crippen LogP contribution in [0.2, 0.25) is 0 Å². The van der Waals surface area contributed by atoms with Crippen molar-refractivity contribution in [2.45, 2.75) is 96.3 Å². The molecule has 1 amide bonds. The third kappa shape index (κ3) is 11.4. The summed E-state index contributed by atoms with van der Waals surface area (Å²) in [4.78, 5) is 37.2. The first-order chi connectivity index (χ1) is 32.8. The maximum atomic E-state index is 13.5. The number of nitriles is 1. The molecule has 1 saturated heterocycles. The van der Waals surface area contributed by atoms with Gasteiger partial charge in [0.25, 0.3) is 20.0 Å². The van der Waals surface area contributed by atoms with Gasteiger partial charge in [-0.3, -0.25) is 19.9 Å². The third-order valence-electron chi connectivity index (χ3n) is 11.8. The zero-order valence-electron chi connectivity index (χ0n) is 39.9. The summed E-state index contributed by atoms with van der Waals surface area (Å²) in [5.74, 6) is 1.75. The van der Waals surface area contributed by atoms with Crippen molar-refractivity contribution in [3.05, 3.63) is 147 Å². The average Bonchev–Trinajstić information content (AvgIpc) is 3.95. The molecule has 3 N–H and O–H groups in total. The van der Waals surface area contributed by atoms with Crippen molar-refractivity contribution in [1.29, 1.82) is 5.26 Å². The number of nitrogens with zero attached hydrogens (tertiary/aromatic N) is 3. The van der Waals surface area contributed by atoms with Gasteiger partial charge in [0.15, 0.2) is 6.61 Å². The van der Waals surface area contributed by atoms with Gasteiger partial charge in [0.05, 0.1) is 52.1 Å². The van der Waals surface area contributed by atoms with E-state index in [-0.39, 0.29) is 49.8 Å². The quantitative estimate of drug-likeness (QED) is 0.0333. The molecular formula is C52H61N6O9P.